The van der Waals surface area contributed by atoms with Crippen molar-refractivity contribution in [3.8, 4) is 0 Å². The fourth-order valence-electron chi connectivity index (χ4n) is 2.22. The molecule has 0 bridgehead atoms. The van der Waals surface area contributed by atoms with Crippen LogP contribution in [0.3, 0.4) is 0 Å². The predicted octanol–water partition coefficient (Wildman–Crippen LogP) is 4.93. The van der Waals surface area contributed by atoms with Crippen molar-refractivity contribution in [2.24, 2.45) is 0 Å². The van der Waals surface area contributed by atoms with Crippen molar-refractivity contribution in [2.75, 3.05) is 5.32 Å². The Hall–Kier alpha value is -1.59. The van der Waals surface area contributed by atoms with Gasteiger partial charge in [0.15, 0.2) is 0 Å². The normalized spacial score (nSPS) is 12.3. The average molecular weight is 362 g/mol. The van der Waals surface area contributed by atoms with Crippen LogP contribution in [0.15, 0.2) is 58.6 Å². The van der Waals surface area contributed by atoms with Gasteiger partial charge in [-0.3, -0.25) is 4.68 Å². The van der Waals surface area contributed by atoms with E-state index in [0.717, 1.165) is 16.7 Å². The van der Waals surface area contributed by atoms with Crippen LogP contribution in [0.2, 0.25) is 0 Å². The molecule has 0 saturated heterocycles. The molecule has 0 spiro atoms. The zero-order chi connectivity index (χ0) is 14.7. The first-order valence-corrected chi connectivity index (χ1v) is 8.45. The molecule has 3 rings (SSSR count). The molecule has 0 saturated carbocycles. The first kappa shape index (κ1) is 14.4. The molecular formula is C16H16BrN3S. The largest absolute Gasteiger partial charge is 0.375 e. The van der Waals surface area contributed by atoms with Crippen LogP contribution in [0.4, 0.5) is 5.69 Å². The Morgan fingerprint density at radius 2 is 2.10 bits per heavy atom. The van der Waals surface area contributed by atoms with E-state index >= 15 is 0 Å². The Morgan fingerprint density at radius 3 is 2.81 bits per heavy atom. The van der Waals surface area contributed by atoms with Gasteiger partial charge in [0.1, 0.15) is 0 Å². The van der Waals surface area contributed by atoms with Crippen molar-refractivity contribution in [1.82, 2.24) is 9.78 Å². The quantitative estimate of drug-likeness (QED) is 0.698. The van der Waals surface area contributed by atoms with Crippen LogP contribution in [-0.2, 0) is 6.54 Å². The minimum Gasteiger partial charge on any atom is -0.375 e. The third-order valence-corrected chi connectivity index (χ3v) is 5.30. The lowest BCUT2D eigenvalue weighted by Crippen LogP contribution is -2.05. The van der Waals surface area contributed by atoms with Gasteiger partial charge in [0.05, 0.1) is 24.5 Å². The molecule has 0 amide bonds. The maximum absolute atomic E-state index is 4.41. The van der Waals surface area contributed by atoms with Gasteiger partial charge < -0.3 is 5.32 Å². The highest BCUT2D eigenvalue weighted by Gasteiger charge is 2.11. The van der Waals surface area contributed by atoms with Crippen molar-refractivity contribution >= 4 is 33.0 Å². The first-order valence-electron chi connectivity index (χ1n) is 6.78. The molecule has 0 fully saturated rings. The van der Waals surface area contributed by atoms with Gasteiger partial charge in [-0.15, -0.1) is 11.3 Å². The summed E-state index contributed by atoms with van der Waals surface area (Å²) in [4.78, 5) is 1.30. The zero-order valence-electron chi connectivity index (χ0n) is 11.7. The molecule has 0 aliphatic heterocycles. The third kappa shape index (κ3) is 3.54. The molecule has 21 heavy (non-hydrogen) atoms. The molecule has 0 aliphatic rings. The lowest BCUT2D eigenvalue weighted by atomic mass is 10.2. The van der Waals surface area contributed by atoms with Crippen LogP contribution < -0.4 is 5.32 Å². The number of halogens is 1. The minimum absolute atomic E-state index is 0.258. The van der Waals surface area contributed by atoms with Crippen LogP contribution in [0.1, 0.15) is 23.4 Å². The van der Waals surface area contributed by atoms with E-state index in [1.165, 1.54) is 10.4 Å². The van der Waals surface area contributed by atoms with Gasteiger partial charge in [0, 0.05) is 15.5 Å². The monoisotopic (exact) mass is 361 g/mol. The second-order valence-corrected chi connectivity index (χ2v) is 6.71. The number of benzene rings is 1. The van der Waals surface area contributed by atoms with Gasteiger partial charge in [0.2, 0.25) is 0 Å². The molecule has 5 heteroatoms. The van der Waals surface area contributed by atoms with Crippen molar-refractivity contribution < 1.29 is 0 Å². The van der Waals surface area contributed by atoms with Crippen molar-refractivity contribution in [3.63, 3.8) is 0 Å². The summed E-state index contributed by atoms with van der Waals surface area (Å²) in [7, 11) is 0. The highest BCUT2D eigenvalue weighted by atomic mass is 79.9. The van der Waals surface area contributed by atoms with Gasteiger partial charge in [-0.05, 0) is 39.9 Å². The molecule has 108 valence electrons. The second kappa shape index (κ2) is 6.45. The van der Waals surface area contributed by atoms with Crippen molar-refractivity contribution in [3.05, 3.63) is 69.1 Å². The zero-order valence-corrected chi connectivity index (χ0v) is 14.1. The molecule has 2 heterocycles. The molecule has 0 radical (unpaired) electrons. The maximum atomic E-state index is 4.41. The fraction of sp³-hybridized carbons (Fsp3) is 0.188. The predicted molar refractivity (Wildman–Crippen MR) is 91.8 cm³/mol. The van der Waals surface area contributed by atoms with Gasteiger partial charge >= 0.3 is 0 Å². The number of anilines is 1. The summed E-state index contributed by atoms with van der Waals surface area (Å²) in [6.45, 7) is 2.95. The van der Waals surface area contributed by atoms with Crippen LogP contribution in [0.5, 0.6) is 0 Å². The highest BCUT2D eigenvalue weighted by Crippen LogP contribution is 2.30. The maximum Gasteiger partial charge on any atom is 0.0731 e. The first-order chi connectivity index (χ1) is 10.2. The summed E-state index contributed by atoms with van der Waals surface area (Å²) in [6.07, 6.45) is 3.92. The molecule has 1 unspecified atom stereocenters. The molecular weight excluding hydrogens is 346 g/mol. The average Bonchev–Trinajstić information content (AvgIpc) is 3.09. The third-order valence-electron chi connectivity index (χ3n) is 3.24. The lowest BCUT2D eigenvalue weighted by molar-refractivity contribution is 0.687. The number of hydrogen-bond acceptors (Lipinski definition) is 3. The van der Waals surface area contributed by atoms with Crippen molar-refractivity contribution in [1.29, 1.82) is 0 Å². The summed E-state index contributed by atoms with van der Waals surface area (Å²) in [5.74, 6) is 0. The molecule has 0 aliphatic carbocycles. The Labute approximate surface area is 136 Å². The number of nitrogens with zero attached hydrogens (tertiary/aromatic N) is 2. The summed E-state index contributed by atoms with van der Waals surface area (Å²) in [6, 6.07) is 12.7. The van der Waals surface area contributed by atoms with Crippen molar-refractivity contribution in [2.45, 2.75) is 19.5 Å². The summed E-state index contributed by atoms with van der Waals surface area (Å²) >= 11 is 5.33. The van der Waals surface area contributed by atoms with Crippen LogP contribution in [0, 0.1) is 0 Å². The summed E-state index contributed by atoms with van der Waals surface area (Å²) in [5, 5.41) is 10.00. The smallest absolute Gasteiger partial charge is 0.0731 e. The Balaban J connectivity index is 1.67. The number of rotatable bonds is 5. The fourth-order valence-corrected chi connectivity index (χ4v) is 3.95. The molecule has 1 atom stereocenters. The summed E-state index contributed by atoms with van der Waals surface area (Å²) in [5.41, 5.74) is 2.29. The van der Waals surface area contributed by atoms with Gasteiger partial charge in [0.25, 0.3) is 0 Å². The lowest BCUT2D eigenvalue weighted by Gasteiger charge is -2.12. The van der Waals surface area contributed by atoms with E-state index in [4.69, 9.17) is 0 Å². The number of thiophene rings is 1. The van der Waals surface area contributed by atoms with E-state index in [1.54, 1.807) is 11.3 Å². The highest BCUT2D eigenvalue weighted by molar-refractivity contribution is 9.10. The molecule has 3 nitrogen and oxygen atoms in total. The number of hydrogen-bond donors (Lipinski definition) is 1. The Kier molecular flexibility index (Phi) is 4.41. The van der Waals surface area contributed by atoms with Gasteiger partial charge in [-0.2, -0.15) is 5.10 Å². The van der Waals surface area contributed by atoms with Gasteiger partial charge in [-0.25, -0.2) is 0 Å². The van der Waals surface area contributed by atoms with E-state index in [9.17, 15) is 0 Å². The van der Waals surface area contributed by atoms with E-state index < -0.39 is 0 Å². The number of aromatic nitrogens is 2. The van der Waals surface area contributed by atoms with E-state index in [1.807, 2.05) is 35.3 Å². The number of nitrogens with one attached hydrogen (secondary N) is 1. The molecule has 3 aromatic rings. The molecule has 1 aromatic carbocycles. The second-order valence-electron chi connectivity index (χ2n) is 4.91. The van der Waals surface area contributed by atoms with E-state index in [-0.39, 0.29) is 6.04 Å². The SMILES string of the molecule is CC(Nc1cnn(Cc2ccccc2)c1)c1sccc1Br. The van der Waals surface area contributed by atoms with E-state index in [0.29, 0.717) is 0 Å². The van der Waals surface area contributed by atoms with Gasteiger partial charge in [-0.1, -0.05) is 30.3 Å². The van der Waals surface area contributed by atoms with Crippen LogP contribution >= 0.6 is 27.3 Å². The topological polar surface area (TPSA) is 29.9 Å². The Bertz CT molecular complexity index is 705. The van der Waals surface area contributed by atoms with Crippen LogP contribution in [-0.4, -0.2) is 9.78 Å². The minimum atomic E-state index is 0.258. The summed E-state index contributed by atoms with van der Waals surface area (Å²) < 4.78 is 3.11. The Morgan fingerprint density at radius 1 is 1.29 bits per heavy atom. The van der Waals surface area contributed by atoms with Crippen LogP contribution in [0.25, 0.3) is 0 Å². The van der Waals surface area contributed by atoms with E-state index in [2.05, 4.69) is 56.8 Å². The molecule has 1 N–H and O–H groups in total. The molecule has 2 aromatic heterocycles. The standard InChI is InChI=1S/C16H16BrN3S/c1-12(16-15(17)7-8-21-16)19-14-9-18-20(11-14)10-13-5-3-2-4-6-13/h2-9,11-12,19H,10H2,1H3.